The second-order valence-corrected chi connectivity index (χ2v) is 20.0. The van der Waals surface area contributed by atoms with Crippen molar-refractivity contribution in [3.63, 3.8) is 0 Å². The van der Waals surface area contributed by atoms with Crippen LogP contribution in [0.25, 0.3) is 0 Å². The SMILES string of the molecule is CC(C)(C)c1cc2c(c(C(C)(C)C)c1)Oc1c(c(C(C)(C)C)c([O-])c([O-])c1C(C)(C)C)O2.Cc1cccc(C)c1N=CC=Nc1c(C(C)C)cccc1C(C)C.[Ni+2]. The maximum Gasteiger partial charge on any atom is 2.00 e. The first-order chi connectivity index (χ1) is 25.7. The van der Waals surface area contributed by atoms with E-state index >= 15 is 0 Å². The first-order valence-electron chi connectivity index (χ1n) is 20.1. The van der Waals surface area contributed by atoms with Crippen LogP contribution in [-0.2, 0) is 38.2 Å². The van der Waals surface area contributed by atoms with E-state index < -0.39 is 22.3 Å². The fourth-order valence-electron chi connectivity index (χ4n) is 7.09. The minimum Gasteiger partial charge on any atom is -0.873 e. The number of hydrogen-bond acceptors (Lipinski definition) is 6. The molecule has 0 aliphatic carbocycles. The van der Waals surface area contributed by atoms with Gasteiger partial charge in [-0.15, -0.1) is 11.5 Å². The van der Waals surface area contributed by atoms with Crippen LogP contribution in [0, 0.1) is 13.8 Å². The minimum absolute atomic E-state index is 0. The Morgan fingerprint density at radius 2 is 0.965 bits per heavy atom. The van der Waals surface area contributed by atoms with E-state index in [-0.39, 0.29) is 27.3 Å². The summed E-state index contributed by atoms with van der Waals surface area (Å²) in [6.45, 7) is 37.5. The van der Waals surface area contributed by atoms with Gasteiger partial charge in [-0.05, 0) is 92.4 Å². The van der Waals surface area contributed by atoms with Gasteiger partial charge in [0.2, 0.25) is 0 Å². The summed E-state index contributed by atoms with van der Waals surface area (Å²) in [4.78, 5) is 9.34. The number of hydrogen-bond donors (Lipinski definition) is 0. The topological polar surface area (TPSA) is 89.3 Å². The third-order valence-electron chi connectivity index (χ3n) is 10.2. The van der Waals surface area contributed by atoms with E-state index in [0.717, 1.165) is 22.5 Å². The molecular formula is C50H66N2NiO4. The van der Waals surface area contributed by atoms with Crippen molar-refractivity contribution in [3.05, 3.63) is 93.0 Å². The fraction of sp³-hybridized carbons (Fsp3) is 0.480. The molecule has 7 heteroatoms. The Labute approximate surface area is 354 Å². The predicted octanol–water partition coefficient (Wildman–Crippen LogP) is 13.6. The van der Waals surface area contributed by atoms with E-state index in [1.54, 1.807) is 6.21 Å². The molecule has 310 valence electrons. The monoisotopic (exact) mass is 816 g/mol. The van der Waals surface area contributed by atoms with Gasteiger partial charge < -0.3 is 19.7 Å². The molecule has 5 rings (SSSR count). The van der Waals surface area contributed by atoms with Gasteiger partial charge in [-0.1, -0.05) is 153 Å². The number of para-hydroxylation sites is 2. The average molecular weight is 818 g/mol. The van der Waals surface area contributed by atoms with Crippen LogP contribution in [0.1, 0.15) is 167 Å². The molecule has 1 aliphatic heterocycles. The van der Waals surface area contributed by atoms with Gasteiger partial charge in [0.25, 0.3) is 0 Å². The van der Waals surface area contributed by atoms with E-state index in [9.17, 15) is 10.2 Å². The summed E-state index contributed by atoms with van der Waals surface area (Å²) >= 11 is 0. The third kappa shape index (κ3) is 10.5. The van der Waals surface area contributed by atoms with E-state index in [4.69, 9.17) is 14.5 Å². The van der Waals surface area contributed by atoms with Crippen LogP contribution in [0.5, 0.6) is 34.5 Å². The summed E-state index contributed by atoms with van der Waals surface area (Å²) in [7, 11) is 0. The zero-order valence-corrected chi connectivity index (χ0v) is 38.8. The fourth-order valence-corrected chi connectivity index (χ4v) is 7.09. The van der Waals surface area contributed by atoms with Gasteiger partial charge in [0.1, 0.15) is 0 Å². The van der Waals surface area contributed by atoms with E-state index in [1.165, 1.54) is 22.3 Å². The summed E-state index contributed by atoms with van der Waals surface area (Å²) < 4.78 is 13.1. The second kappa shape index (κ2) is 17.4. The van der Waals surface area contributed by atoms with Gasteiger partial charge in [-0.3, -0.25) is 9.98 Å². The van der Waals surface area contributed by atoms with Crippen molar-refractivity contribution in [1.82, 2.24) is 0 Å². The first-order valence-corrected chi connectivity index (χ1v) is 20.1. The molecule has 0 radical (unpaired) electrons. The molecule has 4 aromatic rings. The van der Waals surface area contributed by atoms with Crippen LogP contribution >= 0.6 is 0 Å². The summed E-state index contributed by atoms with van der Waals surface area (Å²) in [5.74, 6) is 1.88. The van der Waals surface area contributed by atoms with Crippen LogP contribution < -0.4 is 19.7 Å². The standard InChI is InChI=1S/C28H40O4.C22H28N2.Ni/c1-25(2,3)15-13-16(26(4,5)6)22-17(14-15)31-23-18(27(7,8)9)20(29)21(30)19(24(23)32-22)28(10,11)12;1-15(2)19-11-8-12-20(16(3)4)22(19)24-14-13-23-21-17(5)9-7-10-18(21)6;/h13-14,29-30H,1-12H3;7-16H,1-6H3;/q;;+2/p-2. The largest absolute Gasteiger partial charge is 2.00 e. The molecule has 6 nitrogen and oxygen atoms in total. The summed E-state index contributed by atoms with van der Waals surface area (Å²) in [6.07, 6.45) is 3.62. The Morgan fingerprint density at radius 3 is 1.37 bits per heavy atom. The molecule has 0 unspecified atom stereocenters. The van der Waals surface area contributed by atoms with Gasteiger partial charge >= 0.3 is 16.5 Å². The molecule has 0 bridgehead atoms. The number of rotatable bonds is 5. The number of ether oxygens (including phenoxy) is 2. The molecule has 57 heavy (non-hydrogen) atoms. The number of benzene rings is 4. The molecule has 0 atom stereocenters. The minimum atomic E-state index is -0.579. The summed E-state index contributed by atoms with van der Waals surface area (Å²) in [5, 5.41) is 26.6. The van der Waals surface area contributed by atoms with E-state index in [2.05, 4.69) is 131 Å². The van der Waals surface area contributed by atoms with Gasteiger partial charge in [0.05, 0.1) is 11.4 Å². The molecule has 0 amide bonds. The van der Waals surface area contributed by atoms with Crippen LogP contribution in [0.2, 0.25) is 0 Å². The first kappa shape index (κ1) is 47.3. The molecule has 0 aromatic heterocycles. The molecule has 4 aromatic carbocycles. The molecule has 0 spiro atoms. The molecule has 0 saturated heterocycles. The van der Waals surface area contributed by atoms with Crippen molar-refractivity contribution < 1.29 is 36.2 Å². The second-order valence-electron chi connectivity index (χ2n) is 20.0. The van der Waals surface area contributed by atoms with Crippen molar-refractivity contribution in [3.8, 4) is 34.5 Å². The van der Waals surface area contributed by atoms with Crippen molar-refractivity contribution in [2.45, 2.75) is 158 Å². The normalized spacial score (nSPS) is 13.2. The van der Waals surface area contributed by atoms with E-state index in [1.807, 2.05) is 53.8 Å². The van der Waals surface area contributed by atoms with Crippen molar-refractivity contribution in [2.75, 3.05) is 0 Å². The number of aliphatic imine (C=N–C) groups is 2. The Kier molecular flexibility index (Phi) is 14.4. The maximum atomic E-state index is 13.3. The Balaban J connectivity index is 0.000000312. The van der Waals surface area contributed by atoms with Crippen LogP contribution in [-0.4, -0.2) is 12.4 Å². The van der Waals surface area contributed by atoms with Gasteiger partial charge in [-0.2, -0.15) is 0 Å². The molecule has 1 heterocycles. The molecule has 0 N–H and O–H groups in total. The van der Waals surface area contributed by atoms with Crippen molar-refractivity contribution >= 4 is 23.8 Å². The molecule has 1 aliphatic rings. The van der Waals surface area contributed by atoms with Crippen molar-refractivity contribution in [1.29, 1.82) is 0 Å². The molecule has 0 fully saturated rings. The number of nitrogens with zero attached hydrogens (tertiary/aromatic N) is 2. The quantitative estimate of drug-likeness (QED) is 0.130. The summed E-state index contributed by atoms with van der Waals surface area (Å²) in [5.41, 5.74) is 8.50. The van der Waals surface area contributed by atoms with Crippen LogP contribution in [0.4, 0.5) is 11.4 Å². The zero-order chi connectivity index (χ0) is 42.3. The number of fused-ring (bicyclic) bond motifs is 2. The smallest absolute Gasteiger partial charge is 0.873 e. The molecule has 0 saturated carbocycles. The predicted molar refractivity (Wildman–Crippen MR) is 234 cm³/mol. The van der Waals surface area contributed by atoms with Crippen LogP contribution in [0.15, 0.2) is 58.5 Å². The maximum absolute atomic E-state index is 13.3. The Bertz CT molecular complexity index is 2090. The van der Waals surface area contributed by atoms with Crippen molar-refractivity contribution in [2.24, 2.45) is 9.98 Å². The van der Waals surface area contributed by atoms with Crippen LogP contribution in [0.3, 0.4) is 0 Å². The van der Waals surface area contributed by atoms with Gasteiger partial charge in [0, 0.05) is 18.0 Å². The molecular weight excluding hydrogens is 751 g/mol. The Hall–Kier alpha value is -4.09. The van der Waals surface area contributed by atoms with E-state index in [0.29, 0.717) is 46.0 Å². The average Bonchev–Trinajstić information content (AvgIpc) is 3.05. The Morgan fingerprint density at radius 1 is 0.544 bits per heavy atom. The summed E-state index contributed by atoms with van der Waals surface area (Å²) in [6, 6.07) is 16.9. The third-order valence-corrected chi connectivity index (χ3v) is 10.2. The van der Waals surface area contributed by atoms with Gasteiger partial charge in [0.15, 0.2) is 23.0 Å². The number of aryl methyl sites for hydroxylation is 2. The van der Waals surface area contributed by atoms with Gasteiger partial charge in [-0.25, -0.2) is 0 Å². The zero-order valence-electron chi connectivity index (χ0n) is 37.8.